The van der Waals surface area contributed by atoms with E-state index in [1.54, 1.807) is 6.20 Å². The summed E-state index contributed by atoms with van der Waals surface area (Å²) in [4.78, 5) is 3.98. The number of nitrogens with zero attached hydrogens (tertiary/aromatic N) is 1. The molecule has 0 radical (unpaired) electrons. The number of anilines is 1. The molecular formula is C13H21ClN2. The van der Waals surface area contributed by atoms with Gasteiger partial charge in [0.15, 0.2) is 0 Å². The van der Waals surface area contributed by atoms with Crippen molar-refractivity contribution in [2.24, 2.45) is 5.92 Å². The molecule has 2 atom stereocenters. The molecule has 0 aliphatic heterocycles. The zero-order valence-electron chi connectivity index (χ0n) is 10.3. The van der Waals surface area contributed by atoms with E-state index in [4.69, 9.17) is 11.6 Å². The summed E-state index contributed by atoms with van der Waals surface area (Å²) >= 11 is 5.85. The van der Waals surface area contributed by atoms with Gasteiger partial charge in [-0.05, 0) is 30.9 Å². The van der Waals surface area contributed by atoms with E-state index >= 15 is 0 Å². The molecule has 0 aliphatic carbocycles. The minimum Gasteiger partial charge on any atom is -0.382 e. The highest BCUT2D eigenvalue weighted by Gasteiger charge is 2.10. The van der Waals surface area contributed by atoms with E-state index in [0.29, 0.717) is 11.2 Å². The molecule has 1 rings (SSSR count). The summed E-state index contributed by atoms with van der Waals surface area (Å²) in [7, 11) is 0. The third-order valence-electron chi connectivity index (χ3n) is 2.97. The van der Waals surface area contributed by atoms with Crippen LogP contribution in [0.4, 0.5) is 5.69 Å². The second kappa shape index (κ2) is 6.74. The first-order valence-electron chi connectivity index (χ1n) is 6.03. The zero-order chi connectivity index (χ0) is 12.0. The Kier molecular flexibility index (Phi) is 5.61. The molecule has 0 fully saturated rings. The summed E-state index contributed by atoms with van der Waals surface area (Å²) in [6.07, 6.45) is 5.30. The van der Waals surface area contributed by atoms with Crippen molar-refractivity contribution < 1.29 is 0 Å². The minimum atomic E-state index is 0.522. The molecule has 0 saturated carbocycles. The summed E-state index contributed by atoms with van der Waals surface area (Å²) in [5, 5.41) is 4.06. The number of rotatable bonds is 6. The molecule has 0 aliphatic rings. The first-order chi connectivity index (χ1) is 7.65. The lowest BCUT2D eigenvalue weighted by atomic mass is 9.97. The molecule has 1 aromatic rings. The maximum absolute atomic E-state index is 5.85. The Morgan fingerprint density at radius 3 is 2.69 bits per heavy atom. The number of aromatic nitrogens is 1. The van der Waals surface area contributed by atoms with Crippen molar-refractivity contribution in [2.75, 3.05) is 5.32 Å². The molecule has 90 valence electrons. The van der Waals surface area contributed by atoms with Gasteiger partial charge in [0.05, 0.1) is 0 Å². The quantitative estimate of drug-likeness (QED) is 0.748. The Hall–Kier alpha value is -0.760. The number of hydrogen-bond donors (Lipinski definition) is 1. The predicted octanol–water partition coefficient (Wildman–Crippen LogP) is 4.36. The third-order valence-corrected chi connectivity index (χ3v) is 3.18. The van der Waals surface area contributed by atoms with Crippen LogP contribution in [0.1, 0.15) is 40.0 Å². The highest BCUT2D eigenvalue weighted by atomic mass is 35.5. The minimum absolute atomic E-state index is 0.522. The van der Waals surface area contributed by atoms with Crippen LogP contribution in [-0.4, -0.2) is 11.0 Å². The first-order valence-corrected chi connectivity index (χ1v) is 6.41. The number of nitrogens with one attached hydrogen (secondary N) is 1. The van der Waals surface area contributed by atoms with Crippen LogP contribution in [-0.2, 0) is 0 Å². The van der Waals surface area contributed by atoms with Crippen LogP contribution in [0, 0.1) is 5.92 Å². The van der Waals surface area contributed by atoms with Gasteiger partial charge in [0.1, 0.15) is 5.15 Å². The average molecular weight is 241 g/mol. The van der Waals surface area contributed by atoms with E-state index in [-0.39, 0.29) is 0 Å². The lowest BCUT2D eigenvalue weighted by Gasteiger charge is -2.21. The Morgan fingerprint density at radius 1 is 1.38 bits per heavy atom. The maximum Gasteiger partial charge on any atom is 0.131 e. The summed E-state index contributed by atoms with van der Waals surface area (Å²) in [6.45, 7) is 6.74. The van der Waals surface area contributed by atoms with Gasteiger partial charge in [0.25, 0.3) is 0 Å². The summed E-state index contributed by atoms with van der Waals surface area (Å²) in [6, 6.07) is 4.36. The fourth-order valence-corrected chi connectivity index (χ4v) is 1.88. The Morgan fingerprint density at radius 2 is 2.12 bits per heavy atom. The van der Waals surface area contributed by atoms with Crippen molar-refractivity contribution in [1.82, 2.24) is 4.98 Å². The van der Waals surface area contributed by atoms with Crippen LogP contribution in [0.5, 0.6) is 0 Å². The van der Waals surface area contributed by atoms with E-state index in [1.165, 1.54) is 12.8 Å². The van der Waals surface area contributed by atoms with Crippen molar-refractivity contribution in [2.45, 2.75) is 46.1 Å². The van der Waals surface area contributed by atoms with Gasteiger partial charge >= 0.3 is 0 Å². The van der Waals surface area contributed by atoms with E-state index in [9.17, 15) is 0 Å². The zero-order valence-corrected chi connectivity index (χ0v) is 11.1. The van der Waals surface area contributed by atoms with Gasteiger partial charge in [0.2, 0.25) is 0 Å². The van der Waals surface area contributed by atoms with Gasteiger partial charge in [0, 0.05) is 17.9 Å². The molecule has 1 heterocycles. The molecule has 3 heteroatoms. The molecule has 0 bridgehead atoms. The molecule has 0 saturated heterocycles. The number of pyridine rings is 1. The Labute approximate surface area is 103 Å². The predicted molar refractivity (Wildman–Crippen MR) is 71.0 cm³/mol. The van der Waals surface area contributed by atoms with Crippen LogP contribution >= 0.6 is 11.6 Å². The van der Waals surface area contributed by atoms with E-state index < -0.39 is 0 Å². The largest absolute Gasteiger partial charge is 0.382 e. The molecular weight excluding hydrogens is 220 g/mol. The maximum atomic E-state index is 5.85. The molecule has 1 aromatic heterocycles. The lowest BCUT2D eigenvalue weighted by molar-refractivity contribution is 0.462. The van der Waals surface area contributed by atoms with Crippen LogP contribution in [0.3, 0.4) is 0 Å². The standard InChI is InChI=1S/C13H21ClN2/c1-4-10(3)8-11(5-2)16-12-6-7-15-13(14)9-12/h6-7,9-11H,4-5,8H2,1-3H3,(H,15,16). The van der Waals surface area contributed by atoms with Crippen LogP contribution in [0.25, 0.3) is 0 Å². The molecule has 0 aromatic carbocycles. The van der Waals surface area contributed by atoms with E-state index in [1.807, 2.05) is 12.1 Å². The molecule has 0 spiro atoms. The summed E-state index contributed by atoms with van der Waals surface area (Å²) in [5.41, 5.74) is 1.06. The second-order valence-electron chi connectivity index (χ2n) is 4.37. The van der Waals surface area contributed by atoms with Gasteiger partial charge in [-0.15, -0.1) is 0 Å². The highest BCUT2D eigenvalue weighted by molar-refractivity contribution is 6.29. The van der Waals surface area contributed by atoms with Crippen molar-refractivity contribution in [1.29, 1.82) is 0 Å². The Balaban J connectivity index is 2.56. The van der Waals surface area contributed by atoms with Crippen LogP contribution in [0.15, 0.2) is 18.3 Å². The summed E-state index contributed by atoms with van der Waals surface area (Å²) < 4.78 is 0. The second-order valence-corrected chi connectivity index (χ2v) is 4.75. The summed E-state index contributed by atoms with van der Waals surface area (Å²) in [5.74, 6) is 0.759. The third kappa shape index (κ3) is 4.40. The van der Waals surface area contributed by atoms with E-state index in [0.717, 1.165) is 18.0 Å². The van der Waals surface area contributed by atoms with Gasteiger partial charge in [-0.25, -0.2) is 4.98 Å². The van der Waals surface area contributed by atoms with Crippen LogP contribution < -0.4 is 5.32 Å². The highest BCUT2D eigenvalue weighted by Crippen LogP contribution is 2.18. The topological polar surface area (TPSA) is 24.9 Å². The first kappa shape index (κ1) is 13.3. The Bertz CT molecular complexity index is 315. The van der Waals surface area contributed by atoms with Crippen molar-refractivity contribution in [3.05, 3.63) is 23.5 Å². The van der Waals surface area contributed by atoms with Gasteiger partial charge in [-0.1, -0.05) is 38.8 Å². The fraction of sp³-hybridized carbons (Fsp3) is 0.615. The normalized spacial score (nSPS) is 14.5. The van der Waals surface area contributed by atoms with Gasteiger partial charge in [-0.3, -0.25) is 0 Å². The molecule has 16 heavy (non-hydrogen) atoms. The van der Waals surface area contributed by atoms with Crippen LogP contribution in [0.2, 0.25) is 5.15 Å². The van der Waals surface area contributed by atoms with Crippen molar-refractivity contribution >= 4 is 17.3 Å². The molecule has 2 unspecified atom stereocenters. The van der Waals surface area contributed by atoms with Crippen molar-refractivity contribution in [3.63, 3.8) is 0 Å². The van der Waals surface area contributed by atoms with Crippen molar-refractivity contribution in [3.8, 4) is 0 Å². The van der Waals surface area contributed by atoms with E-state index in [2.05, 4.69) is 31.1 Å². The SMILES string of the molecule is CCC(C)CC(CC)Nc1ccnc(Cl)c1. The molecule has 0 amide bonds. The average Bonchev–Trinajstić information content (AvgIpc) is 2.28. The molecule has 2 nitrogen and oxygen atoms in total. The monoisotopic (exact) mass is 240 g/mol. The van der Waals surface area contributed by atoms with Gasteiger partial charge < -0.3 is 5.32 Å². The number of hydrogen-bond acceptors (Lipinski definition) is 2. The van der Waals surface area contributed by atoms with Gasteiger partial charge in [-0.2, -0.15) is 0 Å². The fourth-order valence-electron chi connectivity index (χ4n) is 1.71. The lowest BCUT2D eigenvalue weighted by Crippen LogP contribution is -2.21. The molecule has 1 N–H and O–H groups in total. The smallest absolute Gasteiger partial charge is 0.131 e. The number of halogens is 1.